The maximum atomic E-state index is 11.7. The van der Waals surface area contributed by atoms with Gasteiger partial charge in [0.2, 0.25) is 0 Å². The Labute approximate surface area is 110 Å². The minimum absolute atomic E-state index is 0.0112. The van der Waals surface area contributed by atoms with Crippen LogP contribution in [0.3, 0.4) is 0 Å². The fourth-order valence-corrected chi connectivity index (χ4v) is 2.29. The van der Waals surface area contributed by atoms with E-state index in [1.807, 2.05) is 24.4 Å². The molecule has 2 rings (SSSR count). The van der Waals surface area contributed by atoms with E-state index in [9.17, 15) is 4.79 Å². The van der Waals surface area contributed by atoms with E-state index < -0.39 is 0 Å². The summed E-state index contributed by atoms with van der Waals surface area (Å²) in [6, 6.07) is 3.93. The largest absolute Gasteiger partial charge is 0.385 e. The van der Waals surface area contributed by atoms with E-state index in [0.29, 0.717) is 26.3 Å². The van der Waals surface area contributed by atoms with Crippen molar-refractivity contribution in [3.05, 3.63) is 22.4 Å². The van der Waals surface area contributed by atoms with Crippen LogP contribution in [-0.4, -0.2) is 49.4 Å². The van der Waals surface area contributed by atoms with Gasteiger partial charge in [-0.25, -0.2) is 0 Å². The van der Waals surface area contributed by atoms with E-state index in [0.717, 1.165) is 10.6 Å². The van der Waals surface area contributed by atoms with Gasteiger partial charge in [-0.2, -0.15) is 0 Å². The highest BCUT2D eigenvalue weighted by Gasteiger charge is 2.16. The molecular weight excluding hydrogens is 252 g/mol. The van der Waals surface area contributed by atoms with Crippen LogP contribution in [0.25, 0.3) is 0 Å². The zero-order valence-corrected chi connectivity index (χ0v) is 11.1. The molecule has 0 saturated carbocycles. The molecule has 0 N–H and O–H groups in total. The molecule has 0 bridgehead atoms. The van der Waals surface area contributed by atoms with Gasteiger partial charge >= 0.3 is 0 Å². The van der Waals surface area contributed by atoms with Gasteiger partial charge in [-0.05, 0) is 18.4 Å². The predicted octanol–water partition coefficient (Wildman–Crippen LogP) is 1.35. The molecule has 98 valence electrons. The second-order valence-electron chi connectivity index (χ2n) is 3.92. The highest BCUT2D eigenvalue weighted by Crippen LogP contribution is 2.09. The highest BCUT2D eigenvalue weighted by atomic mass is 32.1. The molecule has 0 aliphatic carbocycles. The molecule has 0 unspecified atom stereocenters. The number of amides is 1. The molecule has 5 nitrogen and oxygen atoms in total. The molecule has 0 spiro atoms. The summed E-state index contributed by atoms with van der Waals surface area (Å²) in [6.07, 6.45) is 0. The number of ether oxygens (including phenoxy) is 1. The highest BCUT2D eigenvalue weighted by molar-refractivity contribution is 7.12. The average molecular weight is 268 g/mol. The number of hydrogen-bond acceptors (Lipinski definition) is 5. The van der Waals surface area contributed by atoms with Crippen LogP contribution in [0.1, 0.15) is 11.8 Å². The summed E-state index contributed by atoms with van der Waals surface area (Å²) in [5.41, 5.74) is 0.791. The first-order valence-electron chi connectivity index (χ1n) is 5.83. The summed E-state index contributed by atoms with van der Waals surface area (Å²) in [7, 11) is 0. The number of oxime groups is 1. The van der Waals surface area contributed by atoms with E-state index in [-0.39, 0.29) is 12.5 Å². The van der Waals surface area contributed by atoms with Gasteiger partial charge in [0, 0.05) is 13.1 Å². The number of nitrogens with zero attached hydrogens (tertiary/aromatic N) is 2. The maximum Gasteiger partial charge on any atom is 0.263 e. The van der Waals surface area contributed by atoms with Gasteiger partial charge in [0.25, 0.3) is 5.91 Å². The molecule has 1 aromatic rings. The number of carbonyl (C=O) groups is 1. The lowest BCUT2D eigenvalue weighted by Gasteiger charge is -2.26. The van der Waals surface area contributed by atoms with Crippen LogP contribution in [0.2, 0.25) is 0 Å². The lowest BCUT2D eigenvalue weighted by Crippen LogP contribution is -2.42. The molecule has 1 aliphatic heterocycles. The van der Waals surface area contributed by atoms with Crippen LogP contribution in [0.15, 0.2) is 22.7 Å². The maximum absolute atomic E-state index is 11.7. The van der Waals surface area contributed by atoms with E-state index in [4.69, 9.17) is 9.57 Å². The first-order chi connectivity index (χ1) is 8.77. The van der Waals surface area contributed by atoms with E-state index in [1.54, 1.807) is 16.2 Å². The van der Waals surface area contributed by atoms with Gasteiger partial charge in [-0.1, -0.05) is 11.2 Å². The molecule has 6 heteroatoms. The Morgan fingerprint density at radius 1 is 1.56 bits per heavy atom. The summed E-state index contributed by atoms with van der Waals surface area (Å²) < 4.78 is 5.18. The Morgan fingerprint density at radius 2 is 2.33 bits per heavy atom. The second-order valence-corrected chi connectivity index (χ2v) is 4.87. The molecule has 0 atom stereocenters. The van der Waals surface area contributed by atoms with Crippen molar-refractivity contribution in [2.75, 3.05) is 32.9 Å². The van der Waals surface area contributed by atoms with Crippen LogP contribution in [0.5, 0.6) is 0 Å². The third-order valence-electron chi connectivity index (χ3n) is 2.63. The van der Waals surface area contributed by atoms with Gasteiger partial charge in [0.15, 0.2) is 6.61 Å². The molecular formula is C12H16N2O3S. The fourth-order valence-electron chi connectivity index (χ4n) is 1.62. The molecule has 1 amide bonds. The smallest absolute Gasteiger partial charge is 0.263 e. The Morgan fingerprint density at radius 3 is 3.00 bits per heavy atom. The van der Waals surface area contributed by atoms with Crippen LogP contribution in [0, 0.1) is 0 Å². The molecule has 1 aliphatic rings. The lowest BCUT2D eigenvalue weighted by atomic mass is 10.3. The molecule has 1 aromatic heterocycles. The van der Waals surface area contributed by atoms with Gasteiger partial charge in [0.05, 0.1) is 23.8 Å². The zero-order chi connectivity index (χ0) is 12.8. The van der Waals surface area contributed by atoms with Gasteiger partial charge in [-0.15, -0.1) is 11.3 Å². The van der Waals surface area contributed by atoms with Crippen molar-refractivity contribution < 1.29 is 14.4 Å². The van der Waals surface area contributed by atoms with Crippen molar-refractivity contribution in [2.24, 2.45) is 5.16 Å². The van der Waals surface area contributed by atoms with Crippen molar-refractivity contribution in [3.8, 4) is 0 Å². The van der Waals surface area contributed by atoms with Crippen LogP contribution < -0.4 is 0 Å². The normalized spacial score (nSPS) is 16.7. The fraction of sp³-hybridized carbons (Fsp3) is 0.500. The Kier molecular flexibility index (Phi) is 4.72. The summed E-state index contributed by atoms with van der Waals surface area (Å²) in [4.78, 5) is 19.6. The molecule has 1 saturated heterocycles. The number of thiophene rings is 1. The molecule has 18 heavy (non-hydrogen) atoms. The number of carbonyl (C=O) groups excluding carboxylic acids is 1. The minimum Gasteiger partial charge on any atom is -0.385 e. The third-order valence-corrected chi connectivity index (χ3v) is 3.61. The first kappa shape index (κ1) is 13.0. The first-order valence-corrected chi connectivity index (χ1v) is 6.71. The standard InChI is InChI=1S/C12H16N2O3S/c1-10(11-3-2-8-18-11)13-17-9-12(15)14-4-6-16-7-5-14/h2-3,8H,4-7,9H2,1H3/b13-10-. The molecule has 0 aromatic carbocycles. The predicted molar refractivity (Wildman–Crippen MR) is 69.9 cm³/mol. The SMILES string of the molecule is C/C(=N/OCC(=O)N1CCOCC1)c1cccs1. The lowest BCUT2D eigenvalue weighted by molar-refractivity contribution is -0.140. The molecule has 1 fully saturated rings. The van der Waals surface area contributed by atoms with E-state index in [2.05, 4.69) is 5.16 Å². The Bertz CT molecular complexity index is 411. The number of morpholine rings is 1. The van der Waals surface area contributed by atoms with Gasteiger partial charge in [-0.3, -0.25) is 4.79 Å². The second kappa shape index (κ2) is 6.51. The molecule has 0 radical (unpaired) electrons. The van der Waals surface area contributed by atoms with Gasteiger partial charge < -0.3 is 14.5 Å². The zero-order valence-electron chi connectivity index (χ0n) is 10.3. The van der Waals surface area contributed by atoms with Crippen LogP contribution in [0.4, 0.5) is 0 Å². The minimum atomic E-state index is -0.0407. The summed E-state index contributed by atoms with van der Waals surface area (Å²) >= 11 is 1.60. The van der Waals surface area contributed by atoms with Crippen molar-refractivity contribution in [1.82, 2.24) is 4.90 Å². The van der Waals surface area contributed by atoms with Crippen molar-refractivity contribution in [2.45, 2.75) is 6.92 Å². The topological polar surface area (TPSA) is 51.1 Å². The van der Waals surface area contributed by atoms with Crippen LogP contribution >= 0.6 is 11.3 Å². The Balaban J connectivity index is 1.77. The van der Waals surface area contributed by atoms with Gasteiger partial charge in [0.1, 0.15) is 0 Å². The van der Waals surface area contributed by atoms with Crippen molar-refractivity contribution >= 4 is 23.0 Å². The average Bonchev–Trinajstić information content (AvgIpc) is 2.93. The van der Waals surface area contributed by atoms with Crippen molar-refractivity contribution in [3.63, 3.8) is 0 Å². The Hall–Kier alpha value is -1.40. The van der Waals surface area contributed by atoms with E-state index >= 15 is 0 Å². The summed E-state index contributed by atoms with van der Waals surface area (Å²) in [6.45, 7) is 4.33. The van der Waals surface area contributed by atoms with Crippen molar-refractivity contribution in [1.29, 1.82) is 0 Å². The third kappa shape index (κ3) is 3.54. The quantitative estimate of drug-likeness (QED) is 0.612. The van der Waals surface area contributed by atoms with Crippen LogP contribution in [-0.2, 0) is 14.4 Å². The number of rotatable bonds is 4. The summed E-state index contributed by atoms with van der Waals surface area (Å²) in [5, 5.41) is 5.93. The summed E-state index contributed by atoms with van der Waals surface area (Å²) in [5.74, 6) is -0.0407. The molecule has 2 heterocycles. The monoisotopic (exact) mass is 268 g/mol. The van der Waals surface area contributed by atoms with E-state index in [1.165, 1.54) is 0 Å². The number of hydrogen-bond donors (Lipinski definition) is 0.